The Bertz CT molecular complexity index is 922. The van der Waals surface area contributed by atoms with Crippen molar-refractivity contribution in [1.29, 1.82) is 0 Å². The molecule has 0 fully saturated rings. The Hall–Kier alpha value is -3.81. The first-order valence-corrected chi connectivity index (χ1v) is 7.69. The van der Waals surface area contributed by atoms with Crippen LogP contribution in [0.15, 0.2) is 71.9 Å². The van der Waals surface area contributed by atoms with Crippen molar-refractivity contribution in [3.8, 4) is 0 Å². The van der Waals surface area contributed by atoms with Crippen LogP contribution < -0.4 is 16.4 Å². The number of nitrogens with two attached hydrogens (primary N) is 1. The first-order valence-electron chi connectivity index (χ1n) is 7.69. The molecular weight excluding hydrogens is 354 g/mol. The van der Waals surface area contributed by atoms with E-state index in [0.717, 1.165) is 18.3 Å². The predicted molar refractivity (Wildman–Crippen MR) is 101 cm³/mol. The van der Waals surface area contributed by atoms with Crippen LogP contribution >= 0.6 is 0 Å². The molecule has 0 spiro atoms. The fraction of sp³-hybridized carbons (Fsp3) is 0. The van der Waals surface area contributed by atoms with Crippen molar-refractivity contribution in [2.24, 2.45) is 10.7 Å². The lowest BCUT2D eigenvalue weighted by atomic mass is 10.2. The summed E-state index contributed by atoms with van der Waals surface area (Å²) in [5.41, 5.74) is 6.03. The van der Waals surface area contributed by atoms with Crippen LogP contribution in [0, 0.1) is 11.6 Å². The van der Waals surface area contributed by atoms with E-state index in [-0.39, 0.29) is 16.9 Å². The molecule has 138 valence electrons. The van der Waals surface area contributed by atoms with E-state index in [2.05, 4.69) is 22.2 Å². The van der Waals surface area contributed by atoms with E-state index in [1.807, 2.05) is 0 Å². The van der Waals surface area contributed by atoms with Gasteiger partial charge in [0.05, 0.1) is 16.9 Å². The molecule has 2 amide bonds. The van der Waals surface area contributed by atoms with Crippen LogP contribution in [0.4, 0.5) is 25.8 Å². The summed E-state index contributed by atoms with van der Waals surface area (Å²) in [6, 6.07) is 9.00. The van der Waals surface area contributed by atoms with Gasteiger partial charge in [0.2, 0.25) is 5.91 Å². The Balaban J connectivity index is 2.12. The van der Waals surface area contributed by atoms with Gasteiger partial charge in [0.15, 0.2) is 0 Å². The molecule has 8 heteroatoms. The maximum absolute atomic E-state index is 13.7. The molecule has 0 heterocycles. The molecule has 0 radical (unpaired) electrons. The van der Waals surface area contributed by atoms with Crippen LogP contribution in [0.3, 0.4) is 0 Å². The molecule has 0 aliphatic carbocycles. The average Bonchev–Trinajstić information content (AvgIpc) is 2.66. The topological polar surface area (TPSA) is 96.6 Å². The molecule has 2 aromatic carbocycles. The number of carbonyl (C=O) groups is 2. The Morgan fingerprint density at radius 3 is 2.41 bits per heavy atom. The van der Waals surface area contributed by atoms with Gasteiger partial charge in [-0.05, 0) is 48.5 Å². The highest BCUT2D eigenvalue weighted by molar-refractivity contribution is 6.18. The molecule has 2 rings (SSSR count). The zero-order valence-electron chi connectivity index (χ0n) is 14.1. The van der Waals surface area contributed by atoms with Gasteiger partial charge in [-0.1, -0.05) is 6.58 Å². The number of carbonyl (C=O) groups excluding carboxylic acids is 2. The molecular formula is C19H16F2N4O2. The largest absolute Gasteiger partial charge is 0.404 e. The molecule has 0 bridgehead atoms. The van der Waals surface area contributed by atoms with Crippen LogP contribution in [0.25, 0.3) is 0 Å². The Kier molecular flexibility index (Phi) is 6.54. The van der Waals surface area contributed by atoms with E-state index in [4.69, 9.17) is 5.73 Å². The van der Waals surface area contributed by atoms with Gasteiger partial charge in [0.1, 0.15) is 11.6 Å². The van der Waals surface area contributed by atoms with Crippen molar-refractivity contribution < 1.29 is 18.4 Å². The SMILES string of the molecule is C=CC(=O)Nc1cc(NC(=O)C(C=Nc2ccc(F)cc2)=CN)ccc1F. The van der Waals surface area contributed by atoms with Gasteiger partial charge in [-0.3, -0.25) is 14.6 Å². The van der Waals surface area contributed by atoms with Crippen molar-refractivity contribution in [3.63, 3.8) is 0 Å². The molecule has 0 atom stereocenters. The number of nitrogens with one attached hydrogen (secondary N) is 2. The third kappa shape index (κ3) is 5.60. The van der Waals surface area contributed by atoms with E-state index in [1.54, 1.807) is 0 Å². The van der Waals surface area contributed by atoms with Crippen LogP contribution in [-0.2, 0) is 9.59 Å². The molecule has 0 saturated carbocycles. The second-order valence-electron chi connectivity index (χ2n) is 5.20. The molecule has 0 saturated heterocycles. The number of anilines is 2. The lowest BCUT2D eigenvalue weighted by molar-refractivity contribution is -0.112. The highest BCUT2D eigenvalue weighted by Gasteiger charge is 2.10. The number of halogens is 2. The predicted octanol–water partition coefficient (Wildman–Crippen LogP) is 3.27. The van der Waals surface area contributed by atoms with Crippen LogP contribution in [-0.4, -0.2) is 18.0 Å². The molecule has 0 aliphatic rings. The number of nitrogens with zero attached hydrogens (tertiary/aromatic N) is 1. The maximum Gasteiger partial charge on any atom is 0.258 e. The van der Waals surface area contributed by atoms with Gasteiger partial charge in [-0.2, -0.15) is 0 Å². The van der Waals surface area contributed by atoms with Crippen molar-refractivity contribution in [3.05, 3.63) is 78.5 Å². The number of rotatable bonds is 6. The second kappa shape index (κ2) is 9.04. The summed E-state index contributed by atoms with van der Waals surface area (Å²) in [6.07, 6.45) is 3.25. The summed E-state index contributed by atoms with van der Waals surface area (Å²) in [6.45, 7) is 3.28. The number of aliphatic imine (C=N–C) groups is 1. The maximum atomic E-state index is 13.7. The molecule has 0 aliphatic heterocycles. The van der Waals surface area contributed by atoms with Crippen molar-refractivity contribution in [2.75, 3.05) is 10.6 Å². The molecule has 2 aromatic rings. The number of benzene rings is 2. The first kappa shape index (κ1) is 19.5. The fourth-order valence-electron chi connectivity index (χ4n) is 1.93. The van der Waals surface area contributed by atoms with Gasteiger partial charge in [0, 0.05) is 18.1 Å². The summed E-state index contributed by atoms with van der Waals surface area (Å²) in [5, 5.41) is 4.80. The Labute approximate surface area is 154 Å². The van der Waals surface area contributed by atoms with Crippen LogP contribution in [0.2, 0.25) is 0 Å². The first-order chi connectivity index (χ1) is 12.9. The summed E-state index contributed by atoms with van der Waals surface area (Å²) in [5.74, 6) is -2.27. The van der Waals surface area contributed by atoms with Crippen molar-refractivity contribution >= 4 is 35.1 Å². The Morgan fingerprint density at radius 1 is 1.07 bits per heavy atom. The van der Waals surface area contributed by atoms with Gasteiger partial charge in [-0.25, -0.2) is 8.78 Å². The van der Waals surface area contributed by atoms with Crippen LogP contribution in [0.5, 0.6) is 0 Å². The lowest BCUT2D eigenvalue weighted by Gasteiger charge is -2.09. The van der Waals surface area contributed by atoms with Gasteiger partial charge in [-0.15, -0.1) is 0 Å². The number of amides is 2. The summed E-state index contributed by atoms with van der Waals surface area (Å²) >= 11 is 0. The van der Waals surface area contributed by atoms with Gasteiger partial charge < -0.3 is 16.4 Å². The third-order valence-electron chi connectivity index (χ3n) is 3.29. The minimum atomic E-state index is -0.671. The zero-order chi connectivity index (χ0) is 19.8. The zero-order valence-corrected chi connectivity index (χ0v) is 14.1. The molecule has 6 nitrogen and oxygen atoms in total. The van der Waals surface area contributed by atoms with E-state index in [9.17, 15) is 18.4 Å². The summed E-state index contributed by atoms with van der Waals surface area (Å²) in [4.78, 5) is 27.6. The monoisotopic (exact) mass is 370 g/mol. The smallest absolute Gasteiger partial charge is 0.258 e. The van der Waals surface area contributed by atoms with Gasteiger partial charge in [0.25, 0.3) is 5.91 Å². The molecule has 0 unspecified atom stereocenters. The molecule has 4 N–H and O–H groups in total. The van der Waals surface area contributed by atoms with Gasteiger partial charge >= 0.3 is 0 Å². The van der Waals surface area contributed by atoms with Crippen molar-refractivity contribution in [1.82, 2.24) is 0 Å². The number of hydrogen-bond donors (Lipinski definition) is 3. The number of hydrogen-bond acceptors (Lipinski definition) is 4. The van der Waals surface area contributed by atoms with Crippen molar-refractivity contribution in [2.45, 2.75) is 0 Å². The van der Waals surface area contributed by atoms with E-state index in [0.29, 0.717) is 5.69 Å². The van der Waals surface area contributed by atoms with E-state index >= 15 is 0 Å². The lowest BCUT2D eigenvalue weighted by Crippen LogP contribution is -2.17. The summed E-state index contributed by atoms with van der Waals surface area (Å²) in [7, 11) is 0. The molecule has 27 heavy (non-hydrogen) atoms. The highest BCUT2D eigenvalue weighted by Crippen LogP contribution is 2.20. The van der Waals surface area contributed by atoms with E-state index < -0.39 is 23.4 Å². The quantitative estimate of drug-likeness (QED) is 0.538. The minimum Gasteiger partial charge on any atom is -0.404 e. The standard InChI is InChI=1S/C19H16F2N4O2/c1-2-18(26)25-17-9-15(7-8-16(17)21)24-19(27)12(10-22)11-23-14-5-3-13(20)4-6-14/h2-11H,1,22H2,(H,24,27)(H,25,26). The summed E-state index contributed by atoms with van der Waals surface area (Å²) < 4.78 is 26.6. The second-order valence-corrected chi connectivity index (χ2v) is 5.20. The Morgan fingerprint density at radius 2 is 1.78 bits per heavy atom. The van der Waals surface area contributed by atoms with Crippen LogP contribution in [0.1, 0.15) is 0 Å². The minimum absolute atomic E-state index is 0.0281. The molecule has 0 aromatic heterocycles. The average molecular weight is 370 g/mol. The normalized spacial score (nSPS) is 11.3. The third-order valence-corrected chi connectivity index (χ3v) is 3.29. The van der Waals surface area contributed by atoms with E-state index in [1.165, 1.54) is 42.6 Å². The highest BCUT2D eigenvalue weighted by atomic mass is 19.1. The fourth-order valence-corrected chi connectivity index (χ4v) is 1.93.